The number of hydrogen-bond donors (Lipinski definition) is 1. The third-order valence-electron chi connectivity index (χ3n) is 4.82. The van der Waals surface area contributed by atoms with Gasteiger partial charge in [-0.05, 0) is 43.7 Å². The topological polar surface area (TPSA) is 46.3 Å². The number of benzene rings is 1. The maximum atomic E-state index is 12.9. The van der Waals surface area contributed by atoms with E-state index in [2.05, 4.69) is 25.1 Å². The van der Waals surface area contributed by atoms with Crippen molar-refractivity contribution in [1.29, 1.82) is 0 Å². The molecule has 0 radical (unpaired) electrons. The van der Waals surface area contributed by atoms with Gasteiger partial charge in [-0.15, -0.1) is 0 Å². The summed E-state index contributed by atoms with van der Waals surface area (Å²) in [6.07, 6.45) is 5.19. The Kier molecular flexibility index (Phi) is 3.09. The van der Waals surface area contributed by atoms with E-state index in [0.29, 0.717) is 6.54 Å². The molecule has 1 saturated carbocycles. The fraction of sp³-hybridized carbons (Fsp3) is 0.562. The van der Waals surface area contributed by atoms with Gasteiger partial charge in [-0.1, -0.05) is 24.6 Å². The van der Waals surface area contributed by atoms with E-state index in [1.807, 2.05) is 4.90 Å². The summed E-state index contributed by atoms with van der Waals surface area (Å²) >= 11 is 0. The van der Waals surface area contributed by atoms with Crippen LogP contribution in [0.1, 0.15) is 36.8 Å². The molecule has 0 atom stereocenters. The van der Waals surface area contributed by atoms with Gasteiger partial charge < -0.3 is 10.6 Å². The first-order chi connectivity index (χ1) is 9.18. The van der Waals surface area contributed by atoms with E-state index in [0.717, 1.165) is 44.3 Å². The molecule has 3 nitrogen and oxygen atoms in total. The average molecular weight is 258 g/mol. The van der Waals surface area contributed by atoms with Gasteiger partial charge in [0.1, 0.15) is 0 Å². The Morgan fingerprint density at radius 3 is 2.79 bits per heavy atom. The van der Waals surface area contributed by atoms with Crippen molar-refractivity contribution in [3.8, 4) is 0 Å². The van der Waals surface area contributed by atoms with Crippen molar-refractivity contribution in [3.05, 3.63) is 29.3 Å². The number of carbonyl (C=O) groups is 1. The number of nitrogens with zero attached hydrogens (tertiary/aromatic N) is 1. The van der Waals surface area contributed by atoms with Gasteiger partial charge in [-0.3, -0.25) is 4.79 Å². The summed E-state index contributed by atoms with van der Waals surface area (Å²) in [6.45, 7) is 3.43. The lowest BCUT2D eigenvalue weighted by Crippen LogP contribution is -2.53. The molecule has 1 heterocycles. The fourth-order valence-corrected chi connectivity index (χ4v) is 3.45. The highest BCUT2D eigenvalue weighted by molar-refractivity contribution is 6.00. The van der Waals surface area contributed by atoms with Crippen LogP contribution in [0.25, 0.3) is 0 Å². The Labute approximate surface area is 114 Å². The Hall–Kier alpha value is -1.35. The molecule has 1 aromatic carbocycles. The van der Waals surface area contributed by atoms with Crippen LogP contribution in [0.2, 0.25) is 0 Å². The second-order valence-electron chi connectivity index (χ2n) is 5.98. The number of nitrogens with two attached hydrogens (primary N) is 1. The summed E-state index contributed by atoms with van der Waals surface area (Å²) < 4.78 is 0. The van der Waals surface area contributed by atoms with E-state index in [1.54, 1.807) is 0 Å². The van der Waals surface area contributed by atoms with Crippen LogP contribution in [-0.4, -0.2) is 19.0 Å². The monoisotopic (exact) mass is 258 g/mol. The molecule has 1 fully saturated rings. The minimum Gasteiger partial charge on any atom is -0.329 e. The molecule has 1 aliphatic heterocycles. The summed E-state index contributed by atoms with van der Waals surface area (Å²) in [5, 5.41) is 0. The third-order valence-corrected chi connectivity index (χ3v) is 4.82. The Balaban J connectivity index is 1.98. The van der Waals surface area contributed by atoms with Crippen LogP contribution in [0.4, 0.5) is 5.69 Å². The summed E-state index contributed by atoms with van der Waals surface area (Å²) in [4.78, 5) is 14.9. The predicted octanol–water partition coefficient (Wildman–Crippen LogP) is 2.40. The number of hydrogen-bond acceptors (Lipinski definition) is 2. The van der Waals surface area contributed by atoms with E-state index in [9.17, 15) is 4.79 Å². The van der Waals surface area contributed by atoms with Crippen molar-refractivity contribution < 1.29 is 4.79 Å². The van der Waals surface area contributed by atoms with Gasteiger partial charge in [-0.25, -0.2) is 0 Å². The summed E-state index contributed by atoms with van der Waals surface area (Å²) in [5.41, 5.74) is 9.29. The van der Waals surface area contributed by atoms with Gasteiger partial charge in [0.05, 0.1) is 5.41 Å². The zero-order valence-corrected chi connectivity index (χ0v) is 11.6. The first kappa shape index (κ1) is 12.7. The van der Waals surface area contributed by atoms with Gasteiger partial charge in [0, 0.05) is 18.8 Å². The van der Waals surface area contributed by atoms with Gasteiger partial charge in [-0.2, -0.15) is 0 Å². The van der Waals surface area contributed by atoms with Crippen LogP contribution < -0.4 is 10.6 Å². The quantitative estimate of drug-likeness (QED) is 0.885. The molecule has 1 amide bonds. The van der Waals surface area contributed by atoms with Gasteiger partial charge in [0.15, 0.2) is 0 Å². The molecule has 0 aromatic heterocycles. The summed E-state index contributed by atoms with van der Waals surface area (Å²) in [5.74, 6) is 0.261. The molecule has 0 saturated heterocycles. The highest BCUT2D eigenvalue weighted by atomic mass is 16.2. The zero-order chi connectivity index (χ0) is 13.5. The van der Waals surface area contributed by atoms with Gasteiger partial charge in [0.25, 0.3) is 0 Å². The number of amides is 1. The maximum Gasteiger partial charge on any atom is 0.234 e. The number of anilines is 1. The highest BCUT2D eigenvalue weighted by Gasteiger charge is 2.46. The fourth-order valence-electron chi connectivity index (χ4n) is 3.45. The van der Waals surface area contributed by atoms with Crippen molar-refractivity contribution in [3.63, 3.8) is 0 Å². The van der Waals surface area contributed by atoms with Crippen LogP contribution in [0, 0.1) is 12.3 Å². The van der Waals surface area contributed by atoms with E-state index in [4.69, 9.17) is 5.73 Å². The first-order valence-corrected chi connectivity index (χ1v) is 7.28. The molecule has 102 valence electrons. The number of para-hydroxylation sites is 1. The standard InChI is InChI=1S/C16H22N2O/c1-12-5-2-6-13-7-3-10-18(14(12)13)15(19)16(11-17)8-4-9-16/h2,5-6H,3-4,7-11,17H2,1H3. The average Bonchev–Trinajstić information content (AvgIpc) is 2.38. The van der Waals surface area contributed by atoms with Crippen LogP contribution >= 0.6 is 0 Å². The second-order valence-corrected chi connectivity index (χ2v) is 5.98. The summed E-state index contributed by atoms with van der Waals surface area (Å²) in [7, 11) is 0. The minimum absolute atomic E-state index is 0.261. The second kappa shape index (κ2) is 4.64. The molecular weight excluding hydrogens is 236 g/mol. The van der Waals surface area contributed by atoms with E-state index in [-0.39, 0.29) is 11.3 Å². The smallest absolute Gasteiger partial charge is 0.234 e. The van der Waals surface area contributed by atoms with E-state index < -0.39 is 0 Å². The van der Waals surface area contributed by atoms with Gasteiger partial charge >= 0.3 is 0 Å². The number of aryl methyl sites for hydroxylation is 2. The maximum absolute atomic E-state index is 12.9. The van der Waals surface area contributed by atoms with Gasteiger partial charge in [0.2, 0.25) is 5.91 Å². The van der Waals surface area contributed by atoms with E-state index in [1.165, 1.54) is 11.1 Å². The number of rotatable bonds is 2. The lowest BCUT2D eigenvalue weighted by atomic mass is 9.67. The number of carbonyl (C=O) groups excluding carboxylic acids is 1. The normalized spacial score (nSPS) is 20.6. The minimum atomic E-state index is -0.267. The van der Waals surface area contributed by atoms with Crippen molar-refractivity contribution in [1.82, 2.24) is 0 Å². The van der Waals surface area contributed by atoms with Crippen molar-refractivity contribution in [2.24, 2.45) is 11.1 Å². The van der Waals surface area contributed by atoms with Crippen LogP contribution in [0.15, 0.2) is 18.2 Å². The van der Waals surface area contributed by atoms with Crippen LogP contribution in [0.5, 0.6) is 0 Å². The molecule has 1 aliphatic carbocycles. The SMILES string of the molecule is Cc1cccc2c1N(C(=O)C1(CN)CCC1)CCC2. The lowest BCUT2D eigenvalue weighted by Gasteiger charge is -2.44. The molecule has 0 spiro atoms. The lowest BCUT2D eigenvalue weighted by molar-refractivity contribution is -0.132. The van der Waals surface area contributed by atoms with Crippen molar-refractivity contribution >= 4 is 11.6 Å². The molecule has 0 bridgehead atoms. The summed E-state index contributed by atoms with van der Waals surface area (Å²) in [6, 6.07) is 6.34. The molecule has 0 unspecified atom stereocenters. The zero-order valence-electron chi connectivity index (χ0n) is 11.6. The van der Waals surface area contributed by atoms with Crippen LogP contribution in [0.3, 0.4) is 0 Å². The molecule has 3 rings (SSSR count). The predicted molar refractivity (Wildman–Crippen MR) is 77.2 cm³/mol. The van der Waals surface area contributed by atoms with Crippen LogP contribution in [-0.2, 0) is 11.2 Å². The molecule has 2 N–H and O–H groups in total. The molecular formula is C16H22N2O. The third kappa shape index (κ3) is 1.88. The molecule has 3 heteroatoms. The largest absolute Gasteiger partial charge is 0.329 e. The molecule has 1 aromatic rings. The highest BCUT2D eigenvalue weighted by Crippen LogP contribution is 2.44. The molecule has 2 aliphatic rings. The molecule has 19 heavy (non-hydrogen) atoms. The first-order valence-electron chi connectivity index (χ1n) is 7.28. The van der Waals surface area contributed by atoms with Crippen molar-refractivity contribution in [2.45, 2.75) is 39.0 Å². The Morgan fingerprint density at radius 2 is 2.16 bits per heavy atom. The Morgan fingerprint density at radius 1 is 1.37 bits per heavy atom. The Bertz CT molecular complexity index is 500. The van der Waals surface area contributed by atoms with E-state index >= 15 is 0 Å². The van der Waals surface area contributed by atoms with Crippen molar-refractivity contribution in [2.75, 3.05) is 18.0 Å². The number of fused-ring (bicyclic) bond motifs is 1.